The maximum atomic E-state index is 12.5. The van der Waals surface area contributed by atoms with Crippen LogP contribution in [0.2, 0.25) is 0 Å². The highest BCUT2D eigenvalue weighted by molar-refractivity contribution is 6.07. The summed E-state index contributed by atoms with van der Waals surface area (Å²) in [7, 11) is 3.27. The zero-order valence-electron chi connectivity index (χ0n) is 14.1. The van der Waals surface area contributed by atoms with Gasteiger partial charge < -0.3 is 4.90 Å². The van der Waals surface area contributed by atoms with E-state index in [-0.39, 0.29) is 17.3 Å². The van der Waals surface area contributed by atoms with Gasteiger partial charge in [0.2, 0.25) is 11.6 Å². The van der Waals surface area contributed by atoms with E-state index in [1.807, 2.05) is 30.3 Å². The van der Waals surface area contributed by atoms with Crippen molar-refractivity contribution in [2.24, 2.45) is 0 Å². The SMILES string of the molecule is CN(C)c1ncnc(NNC(=O)c2cccc3ccccc23)c1[N+](=O)[O-]. The predicted molar refractivity (Wildman–Crippen MR) is 98.1 cm³/mol. The monoisotopic (exact) mass is 352 g/mol. The van der Waals surface area contributed by atoms with Crippen molar-refractivity contribution in [1.29, 1.82) is 0 Å². The van der Waals surface area contributed by atoms with Crippen molar-refractivity contribution in [3.8, 4) is 0 Å². The molecule has 26 heavy (non-hydrogen) atoms. The number of amides is 1. The Morgan fingerprint density at radius 1 is 1.12 bits per heavy atom. The van der Waals surface area contributed by atoms with E-state index in [0.29, 0.717) is 5.56 Å². The number of rotatable bonds is 5. The van der Waals surface area contributed by atoms with Gasteiger partial charge in [0.15, 0.2) is 0 Å². The Morgan fingerprint density at radius 2 is 1.85 bits per heavy atom. The third-order valence-corrected chi connectivity index (χ3v) is 3.74. The molecule has 2 aromatic carbocycles. The Morgan fingerprint density at radius 3 is 2.58 bits per heavy atom. The lowest BCUT2D eigenvalue weighted by atomic mass is 10.0. The highest BCUT2D eigenvalue weighted by Crippen LogP contribution is 2.30. The molecule has 3 rings (SSSR count). The van der Waals surface area contributed by atoms with Crippen LogP contribution in [0, 0.1) is 10.1 Å². The number of nitrogens with one attached hydrogen (secondary N) is 2. The average molecular weight is 352 g/mol. The molecular formula is C17H16N6O3. The predicted octanol–water partition coefficient (Wildman–Crippen LogP) is 2.36. The summed E-state index contributed by atoms with van der Waals surface area (Å²) in [6.45, 7) is 0. The molecule has 0 fully saturated rings. The second-order valence-electron chi connectivity index (χ2n) is 5.65. The maximum Gasteiger partial charge on any atom is 0.355 e. The number of nitrogens with zero attached hydrogens (tertiary/aromatic N) is 4. The van der Waals surface area contributed by atoms with Crippen LogP contribution in [0.5, 0.6) is 0 Å². The number of carbonyl (C=O) groups is 1. The van der Waals surface area contributed by atoms with Crippen LogP contribution in [0.4, 0.5) is 17.3 Å². The van der Waals surface area contributed by atoms with E-state index in [1.165, 1.54) is 11.2 Å². The Bertz CT molecular complexity index is 984. The molecule has 0 aliphatic carbocycles. The van der Waals surface area contributed by atoms with E-state index in [2.05, 4.69) is 20.8 Å². The number of carbonyl (C=O) groups excluding carboxylic acids is 1. The minimum absolute atomic E-state index is 0.0951. The van der Waals surface area contributed by atoms with Crippen molar-refractivity contribution < 1.29 is 9.72 Å². The van der Waals surface area contributed by atoms with E-state index >= 15 is 0 Å². The number of aromatic nitrogens is 2. The first-order valence-corrected chi connectivity index (χ1v) is 7.70. The van der Waals surface area contributed by atoms with Crippen molar-refractivity contribution in [2.45, 2.75) is 0 Å². The summed E-state index contributed by atoms with van der Waals surface area (Å²) >= 11 is 0. The summed E-state index contributed by atoms with van der Waals surface area (Å²) in [5.41, 5.74) is 5.12. The molecule has 0 aliphatic rings. The van der Waals surface area contributed by atoms with Gasteiger partial charge in [-0.15, -0.1) is 0 Å². The zero-order chi connectivity index (χ0) is 18.7. The van der Waals surface area contributed by atoms with Crippen LogP contribution in [0.1, 0.15) is 10.4 Å². The van der Waals surface area contributed by atoms with Crippen LogP contribution in [-0.4, -0.2) is 34.9 Å². The van der Waals surface area contributed by atoms with Crippen molar-refractivity contribution in [3.63, 3.8) is 0 Å². The quantitative estimate of drug-likeness (QED) is 0.535. The number of hydrogen-bond donors (Lipinski definition) is 2. The van der Waals surface area contributed by atoms with Crippen molar-refractivity contribution in [2.75, 3.05) is 24.4 Å². The molecule has 9 nitrogen and oxygen atoms in total. The summed E-state index contributed by atoms with van der Waals surface area (Å²) in [5, 5.41) is 13.1. The van der Waals surface area contributed by atoms with E-state index in [9.17, 15) is 14.9 Å². The van der Waals surface area contributed by atoms with Gasteiger partial charge >= 0.3 is 5.69 Å². The Hall–Kier alpha value is -3.75. The summed E-state index contributed by atoms with van der Waals surface area (Å²) in [6, 6.07) is 12.8. The summed E-state index contributed by atoms with van der Waals surface area (Å²) in [4.78, 5) is 32.6. The Labute approximate surface area is 148 Å². The van der Waals surface area contributed by atoms with Crippen LogP contribution in [-0.2, 0) is 0 Å². The molecule has 1 amide bonds. The second-order valence-corrected chi connectivity index (χ2v) is 5.65. The Balaban J connectivity index is 1.88. The van der Waals surface area contributed by atoms with Crippen LogP contribution in [0.3, 0.4) is 0 Å². The van der Waals surface area contributed by atoms with Gasteiger partial charge in [0.25, 0.3) is 5.91 Å². The van der Waals surface area contributed by atoms with Gasteiger partial charge in [0.1, 0.15) is 6.33 Å². The normalized spacial score (nSPS) is 10.4. The molecule has 9 heteroatoms. The zero-order valence-corrected chi connectivity index (χ0v) is 14.1. The second kappa shape index (κ2) is 7.01. The Kier molecular flexibility index (Phi) is 4.61. The van der Waals surface area contributed by atoms with Gasteiger partial charge in [-0.25, -0.2) is 9.97 Å². The number of benzene rings is 2. The van der Waals surface area contributed by atoms with Crippen LogP contribution in [0.25, 0.3) is 10.8 Å². The third kappa shape index (κ3) is 3.22. The molecule has 132 valence electrons. The number of hydrogen-bond acceptors (Lipinski definition) is 7. The van der Waals surface area contributed by atoms with Crippen molar-refractivity contribution in [1.82, 2.24) is 15.4 Å². The first kappa shape index (κ1) is 17.1. The molecule has 1 heterocycles. The molecule has 0 atom stereocenters. The lowest BCUT2D eigenvalue weighted by Crippen LogP contribution is -2.30. The van der Waals surface area contributed by atoms with Gasteiger partial charge in [-0.05, 0) is 16.8 Å². The smallest absolute Gasteiger partial charge is 0.355 e. The molecule has 2 N–H and O–H groups in total. The van der Waals surface area contributed by atoms with Gasteiger partial charge in [-0.3, -0.25) is 25.8 Å². The van der Waals surface area contributed by atoms with Gasteiger partial charge in [0, 0.05) is 19.7 Å². The molecule has 0 radical (unpaired) electrons. The van der Waals surface area contributed by atoms with Gasteiger partial charge in [-0.2, -0.15) is 0 Å². The standard InChI is InChI=1S/C17H16N6O3/c1-22(2)16-14(23(25)26)15(18-10-19-16)20-21-17(24)13-9-5-7-11-6-3-4-8-12(11)13/h3-10H,1-2H3,(H,21,24)(H,18,19,20). The van der Waals surface area contributed by atoms with E-state index < -0.39 is 10.8 Å². The van der Waals surface area contributed by atoms with E-state index in [1.54, 1.807) is 26.2 Å². The number of hydrazine groups is 1. The number of fused-ring (bicyclic) bond motifs is 1. The lowest BCUT2D eigenvalue weighted by molar-refractivity contribution is -0.383. The van der Waals surface area contributed by atoms with Crippen LogP contribution < -0.4 is 15.8 Å². The highest BCUT2D eigenvalue weighted by Gasteiger charge is 2.24. The fourth-order valence-electron chi connectivity index (χ4n) is 2.56. The molecule has 0 bridgehead atoms. The molecule has 0 unspecified atom stereocenters. The fourth-order valence-corrected chi connectivity index (χ4v) is 2.56. The van der Waals surface area contributed by atoms with Crippen LogP contribution >= 0.6 is 0 Å². The first-order chi connectivity index (χ1) is 12.5. The minimum atomic E-state index is -0.595. The molecule has 3 aromatic rings. The van der Waals surface area contributed by atoms with E-state index in [0.717, 1.165) is 10.8 Å². The number of anilines is 2. The summed E-state index contributed by atoms with van der Waals surface area (Å²) in [5.74, 6) is -0.393. The third-order valence-electron chi connectivity index (χ3n) is 3.74. The first-order valence-electron chi connectivity index (χ1n) is 7.70. The van der Waals surface area contributed by atoms with Crippen molar-refractivity contribution >= 4 is 34.0 Å². The fraction of sp³-hybridized carbons (Fsp3) is 0.118. The molecule has 0 saturated heterocycles. The van der Waals surface area contributed by atoms with Gasteiger partial charge in [-0.1, -0.05) is 36.4 Å². The van der Waals surface area contributed by atoms with Gasteiger partial charge in [0.05, 0.1) is 4.92 Å². The summed E-state index contributed by atoms with van der Waals surface area (Å²) in [6.07, 6.45) is 1.19. The topological polar surface area (TPSA) is 113 Å². The van der Waals surface area contributed by atoms with E-state index in [4.69, 9.17) is 0 Å². The number of nitro groups is 1. The minimum Gasteiger partial charge on any atom is -0.357 e. The molecular weight excluding hydrogens is 336 g/mol. The maximum absolute atomic E-state index is 12.5. The lowest BCUT2D eigenvalue weighted by Gasteiger charge is -2.14. The summed E-state index contributed by atoms with van der Waals surface area (Å²) < 4.78 is 0. The molecule has 0 spiro atoms. The van der Waals surface area contributed by atoms with Crippen molar-refractivity contribution in [3.05, 3.63) is 64.5 Å². The largest absolute Gasteiger partial charge is 0.357 e. The van der Waals surface area contributed by atoms with Crippen LogP contribution in [0.15, 0.2) is 48.8 Å². The average Bonchev–Trinajstić information content (AvgIpc) is 2.65. The molecule has 0 saturated carbocycles. The molecule has 1 aromatic heterocycles. The molecule has 0 aliphatic heterocycles. The highest BCUT2D eigenvalue weighted by atomic mass is 16.6.